The Kier molecular flexibility index (Phi) is 8.95. The summed E-state index contributed by atoms with van der Waals surface area (Å²) in [5, 5.41) is 17.1. The summed E-state index contributed by atoms with van der Waals surface area (Å²) < 4.78 is 40.5. The zero-order chi connectivity index (χ0) is 31.8. The third-order valence-electron chi connectivity index (χ3n) is 6.78. The van der Waals surface area contributed by atoms with Crippen LogP contribution in [-0.2, 0) is 19.9 Å². The lowest BCUT2D eigenvalue weighted by molar-refractivity contribution is -0.129. The van der Waals surface area contributed by atoms with Gasteiger partial charge in [0.25, 0.3) is 11.8 Å². The predicted octanol–water partition coefficient (Wildman–Crippen LogP) is 6.13. The SMILES string of the molecule is C=NC(=N/C(OC)=C(\C)n1cc(C(=O)Nc2cc(Cl)c(F)cc2F)c(C2(O)C(=O)Nc3cc(Cl)ccc32)c1C(C)C)OC. The van der Waals surface area contributed by atoms with Crippen LogP contribution < -0.4 is 10.6 Å². The second-order valence-electron chi connectivity index (χ2n) is 9.73. The number of amides is 2. The van der Waals surface area contributed by atoms with Crippen molar-refractivity contribution >= 4 is 64.8 Å². The monoisotopic (exact) mass is 633 g/mol. The van der Waals surface area contributed by atoms with Gasteiger partial charge in [0, 0.05) is 39.8 Å². The molecule has 2 amide bonds. The van der Waals surface area contributed by atoms with Crippen LogP contribution in [0.2, 0.25) is 10.0 Å². The van der Waals surface area contributed by atoms with Crippen molar-refractivity contribution in [2.45, 2.75) is 32.3 Å². The van der Waals surface area contributed by atoms with E-state index in [4.69, 9.17) is 32.7 Å². The first-order valence-electron chi connectivity index (χ1n) is 12.7. The average Bonchev–Trinajstić information content (AvgIpc) is 3.48. The van der Waals surface area contributed by atoms with Crippen molar-refractivity contribution in [3.05, 3.63) is 86.5 Å². The van der Waals surface area contributed by atoms with Crippen molar-refractivity contribution in [2.75, 3.05) is 24.9 Å². The van der Waals surface area contributed by atoms with E-state index in [9.17, 15) is 23.5 Å². The van der Waals surface area contributed by atoms with E-state index in [-0.39, 0.29) is 34.3 Å². The number of methoxy groups -OCH3 is 2. The Morgan fingerprint density at radius 2 is 1.86 bits per heavy atom. The summed E-state index contributed by atoms with van der Waals surface area (Å²) >= 11 is 12.0. The van der Waals surface area contributed by atoms with E-state index in [2.05, 4.69) is 27.3 Å². The first-order valence-corrected chi connectivity index (χ1v) is 13.4. The van der Waals surface area contributed by atoms with Gasteiger partial charge in [0.2, 0.25) is 5.88 Å². The van der Waals surface area contributed by atoms with Gasteiger partial charge in [-0.2, -0.15) is 4.99 Å². The van der Waals surface area contributed by atoms with E-state index >= 15 is 0 Å². The molecule has 3 aromatic rings. The highest BCUT2D eigenvalue weighted by Crippen LogP contribution is 2.47. The number of carbonyl (C=O) groups is 2. The Labute approximate surface area is 255 Å². The number of hydrogen-bond donors (Lipinski definition) is 3. The molecule has 0 fully saturated rings. The number of aliphatic hydroxyl groups is 1. The lowest BCUT2D eigenvalue weighted by Crippen LogP contribution is -2.38. The summed E-state index contributed by atoms with van der Waals surface area (Å²) in [7, 11) is 2.69. The lowest BCUT2D eigenvalue weighted by Gasteiger charge is -2.26. The number of aliphatic imine (C=N–C) groups is 2. The molecule has 1 aromatic heterocycles. The van der Waals surface area contributed by atoms with Crippen LogP contribution in [0.4, 0.5) is 20.2 Å². The molecule has 2 heterocycles. The molecule has 0 saturated heterocycles. The number of carbonyl (C=O) groups excluding carboxylic acids is 2. The van der Waals surface area contributed by atoms with Crippen molar-refractivity contribution in [3.63, 3.8) is 0 Å². The standard InChI is InChI=1S/C29H27Cl2F2N5O5/c1-13(2)24-23(29(41)17-8-7-15(30)9-21(17)36-27(29)40)16(25(39)35-22-10-18(31)19(32)11-20(22)33)12-38(24)14(3)26(42-5)37-28(34-4)43-6/h7-13,41H,4H2,1-3,5-6H3,(H,35,39)(H,36,40)/b26-14-,37-28?. The van der Waals surface area contributed by atoms with Crippen molar-refractivity contribution < 1.29 is 33.0 Å². The van der Waals surface area contributed by atoms with Crippen LogP contribution >= 0.6 is 23.2 Å². The molecule has 0 radical (unpaired) electrons. The second-order valence-corrected chi connectivity index (χ2v) is 10.6. The van der Waals surface area contributed by atoms with Crippen molar-refractivity contribution in [1.82, 2.24) is 4.57 Å². The average molecular weight is 634 g/mol. The van der Waals surface area contributed by atoms with Gasteiger partial charge in [0.15, 0.2) is 5.60 Å². The molecule has 3 N–H and O–H groups in total. The Morgan fingerprint density at radius 3 is 2.47 bits per heavy atom. The summed E-state index contributed by atoms with van der Waals surface area (Å²) in [6.07, 6.45) is 1.35. The number of allylic oxidation sites excluding steroid dienone is 1. The van der Waals surface area contributed by atoms with Crippen LogP contribution in [0.1, 0.15) is 53.9 Å². The Balaban J connectivity index is 2.06. The van der Waals surface area contributed by atoms with E-state index < -0.39 is 45.7 Å². The number of amidine groups is 1. The number of hydrogen-bond acceptors (Lipinski definition) is 6. The van der Waals surface area contributed by atoms with Gasteiger partial charge < -0.3 is 29.8 Å². The number of benzene rings is 2. The minimum atomic E-state index is -2.40. The molecule has 14 heteroatoms. The molecular formula is C29H27Cl2F2N5O5. The van der Waals surface area contributed by atoms with Crippen molar-refractivity contribution in [3.8, 4) is 0 Å². The van der Waals surface area contributed by atoms with Crippen LogP contribution in [0.5, 0.6) is 0 Å². The molecule has 0 spiro atoms. The molecule has 4 rings (SSSR count). The number of nitrogens with one attached hydrogen (secondary N) is 2. The minimum Gasteiger partial charge on any atom is -0.480 e. The van der Waals surface area contributed by atoms with Gasteiger partial charge >= 0.3 is 6.02 Å². The van der Waals surface area contributed by atoms with E-state index in [0.717, 1.165) is 6.07 Å². The number of rotatable bonds is 7. The number of aromatic nitrogens is 1. The molecule has 10 nitrogen and oxygen atoms in total. The highest BCUT2D eigenvalue weighted by atomic mass is 35.5. The first kappa shape index (κ1) is 31.7. The fraction of sp³-hybridized carbons (Fsp3) is 0.241. The van der Waals surface area contributed by atoms with Crippen LogP contribution in [0.25, 0.3) is 5.70 Å². The number of fused-ring (bicyclic) bond motifs is 1. The molecule has 2 aromatic carbocycles. The number of nitrogens with zero attached hydrogens (tertiary/aromatic N) is 3. The zero-order valence-electron chi connectivity index (χ0n) is 23.7. The van der Waals surface area contributed by atoms with Gasteiger partial charge in [0.1, 0.15) is 11.6 Å². The molecule has 1 atom stereocenters. The summed E-state index contributed by atoms with van der Waals surface area (Å²) in [5.74, 6) is -4.31. The highest BCUT2D eigenvalue weighted by Gasteiger charge is 2.51. The van der Waals surface area contributed by atoms with Gasteiger partial charge in [-0.05, 0) is 37.8 Å². The number of anilines is 2. The van der Waals surface area contributed by atoms with Gasteiger partial charge in [-0.1, -0.05) is 43.1 Å². The Bertz CT molecular complexity index is 1720. The molecule has 0 bridgehead atoms. The molecule has 226 valence electrons. The van der Waals surface area contributed by atoms with Crippen LogP contribution in [0, 0.1) is 11.6 Å². The fourth-order valence-corrected chi connectivity index (χ4v) is 5.19. The van der Waals surface area contributed by atoms with Gasteiger partial charge in [-0.3, -0.25) is 9.59 Å². The maximum Gasteiger partial charge on any atom is 0.318 e. The Morgan fingerprint density at radius 1 is 1.16 bits per heavy atom. The predicted molar refractivity (Wildman–Crippen MR) is 161 cm³/mol. The third-order valence-corrected chi connectivity index (χ3v) is 7.31. The normalized spacial score (nSPS) is 16.9. The molecule has 43 heavy (non-hydrogen) atoms. The molecular weight excluding hydrogens is 607 g/mol. The lowest BCUT2D eigenvalue weighted by atomic mass is 9.82. The second kappa shape index (κ2) is 12.2. The fourth-order valence-electron chi connectivity index (χ4n) is 4.85. The van der Waals surface area contributed by atoms with Gasteiger partial charge in [0.05, 0.1) is 36.2 Å². The van der Waals surface area contributed by atoms with Crippen molar-refractivity contribution in [2.24, 2.45) is 9.98 Å². The first-order chi connectivity index (χ1) is 20.3. The quantitative estimate of drug-likeness (QED) is 0.125. The van der Waals surface area contributed by atoms with Gasteiger partial charge in [-0.25, -0.2) is 13.8 Å². The van der Waals surface area contributed by atoms with Gasteiger partial charge in [-0.15, -0.1) is 0 Å². The number of ether oxygens (including phenoxy) is 2. The van der Waals surface area contributed by atoms with Crippen LogP contribution in [0.3, 0.4) is 0 Å². The van der Waals surface area contributed by atoms with E-state index in [1.807, 2.05) is 0 Å². The molecule has 0 aliphatic carbocycles. The highest BCUT2D eigenvalue weighted by molar-refractivity contribution is 6.31. The third kappa shape index (κ3) is 5.61. The summed E-state index contributed by atoms with van der Waals surface area (Å²) in [6, 6.07) is 5.74. The van der Waals surface area contributed by atoms with E-state index in [1.165, 1.54) is 43.2 Å². The molecule has 1 unspecified atom stereocenters. The molecule has 1 aliphatic rings. The smallest absolute Gasteiger partial charge is 0.318 e. The van der Waals surface area contributed by atoms with E-state index in [0.29, 0.717) is 22.5 Å². The van der Waals surface area contributed by atoms with Crippen molar-refractivity contribution in [1.29, 1.82) is 0 Å². The summed E-state index contributed by atoms with van der Waals surface area (Å²) in [5.41, 5.74) is -2.14. The summed E-state index contributed by atoms with van der Waals surface area (Å²) in [6.45, 7) is 8.58. The molecule has 1 aliphatic heterocycles. The van der Waals surface area contributed by atoms with Crippen LogP contribution in [-0.4, -0.2) is 48.4 Å². The maximum absolute atomic E-state index is 14.7. The maximum atomic E-state index is 14.7. The van der Waals surface area contributed by atoms with Crippen LogP contribution in [0.15, 0.2) is 52.4 Å². The summed E-state index contributed by atoms with van der Waals surface area (Å²) in [4.78, 5) is 35.3. The molecule has 0 saturated carbocycles. The number of halogens is 4. The largest absolute Gasteiger partial charge is 0.480 e. The topological polar surface area (TPSA) is 127 Å². The zero-order valence-corrected chi connectivity index (χ0v) is 25.2. The Hall–Kier alpha value is -4.26. The minimum absolute atomic E-state index is 0.00562. The van der Waals surface area contributed by atoms with E-state index in [1.54, 1.807) is 20.8 Å².